The van der Waals surface area contributed by atoms with Gasteiger partial charge in [-0.1, -0.05) is 43.3 Å². The maximum Gasteiger partial charge on any atom is 0.119 e. The first kappa shape index (κ1) is 20.8. The van der Waals surface area contributed by atoms with Crippen molar-refractivity contribution in [1.82, 2.24) is 0 Å². The van der Waals surface area contributed by atoms with E-state index < -0.39 is 37.1 Å². The van der Waals surface area contributed by atoms with Gasteiger partial charge in [0, 0.05) is 0 Å². The van der Waals surface area contributed by atoms with Crippen LogP contribution in [0, 0.1) is 0 Å². The molecule has 1 aliphatic rings. The molecule has 152 valence electrons. The zero-order chi connectivity index (χ0) is 20.1. The maximum atomic E-state index is 10.3. The lowest BCUT2D eigenvalue weighted by Crippen LogP contribution is -2.55. The van der Waals surface area contributed by atoms with E-state index in [0.717, 1.165) is 23.3 Å². The van der Waals surface area contributed by atoms with Gasteiger partial charge >= 0.3 is 0 Å². The van der Waals surface area contributed by atoms with E-state index in [0.29, 0.717) is 18.6 Å². The summed E-state index contributed by atoms with van der Waals surface area (Å²) in [5.74, 6) is 0.848. The monoisotopic (exact) mass is 388 g/mol. The van der Waals surface area contributed by atoms with E-state index in [4.69, 9.17) is 9.47 Å². The second-order valence-electron chi connectivity index (χ2n) is 7.16. The third kappa shape index (κ3) is 4.71. The van der Waals surface area contributed by atoms with Crippen LogP contribution in [0.4, 0.5) is 0 Å². The highest BCUT2D eigenvalue weighted by Crippen LogP contribution is 2.33. The lowest BCUT2D eigenvalue weighted by molar-refractivity contribution is -0.231. The van der Waals surface area contributed by atoms with Crippen molar-refractivity contribution in [1.29, 1.82) is 0 Å². The second-order valence-corrected chi connectivity index (χ2v) is 7.16. The minimum Gasteiger partial charge on any atom is -0.494 e. The smallest absolute Gasteiger partial charge is 0.119 e. The summed E-state index contributed by atoms with van der Waals surface area (Å²) in [6.07, 6.45) is -4.08. The Morgan fingerprint density at radius 3 is 2.36 bits per heavy atom. The molecular formula is C22H28O6. The van der Waals surface area contributed by atoms with E-state index in [1.54, 1.807) is 6.07 Å². The summed E-state index contributed by atoms with van der Waals surface area (Å²) in [5, 5.41) is 39.7. The van der Waals surface area contributed by atoms with E-state index in [9.17, 15) is 20.4 Å². The molecule has 2 aromatic carbocycles. The predicted octanol–water partition coefficient (Wildman–Crippen LogP) is 1.58. The molecule has 0 aromatic heterocycles. The minimum absolute atomic E-state index is 0.437. The summed E-state index contributed by atoms with van der Waals surface area (Å²) in [6.45, 7) is 2.32. The van der Waals surface area contributed by atoms with Crippen LogP contribution < -0.4 is 4.74 Å². The van der Waals surface area contributed by atoms with Gasteiger partial charge in [-0.3, -0.25) is 0 Å². The SMILES string of the molecule is CCCOc1ccc(Cc2cccc([C@@H]3O[C@H](CO)[C@@H](O)[C@H](O)[C@H]3O)c2)cc1. The predicted molar refractivity (Wildman–Crippen MR) is 104 cm³/mol. The van der Waals surface area contributed by atoms with Crippen LogP contribution in [0.3, 0.4) is 0 Å². The first-order chi connectivity index (χ1) is 13.5. The van der Waals surface area contributed by atoms with Crippen LogP contribution in [-0.2, 0) is 11.2 Å². The van der Waals surface area contributed by atoms with Crippen LogP contribution in [-0.4, -0.2) is 58.1 Å². The molecule has 1 fully saturated rings. The summed E-state index contributed by atoms with van der Waals surface area (Å²) in [6, 6.07) is 15.5. The van der Waals surface area contributed by atoms with Gasteiger partial charge in [-0.05, 0) is 41.7 Å². The molecule has 6 heteroatoms. The Hall–Kier alpha value is -1.96. The zero-order valence-electron chi connectivity index (χ0n) is 15.9. The third-order valence-corrected chi connectivity index (χ3v) is 4.98. The minimum atomic E-state index is -1.38. The molecule has 0 spiro atoms. The number of rotatable bonds is 7. The normalized spacial score (nSPS) is 27.5. The number of ether oxygens (including phenoxy) is 2. The molecule has 6 nitrogen and oxygen atoms in total. The molecule has 0 aliphatic carbocycles. The topological polar surface area (TPSA) is 99.4 Å². The largest absolute Gasteiger partial charge is 0.494 e. The molecule has 3 rings (SSSR count). The number of benzene rings is 2. The summed E-state index contributed by atoms with van der Waals surface area (Å²) < 4.78 is 11.2. The Morgan fingerprint density at radius 2 is 1.68 bits per heavy atom. The summed E-state index contributed by atoms with van der Waals surface area (Å²) in [7, 11) is 0. The Labute approximate surface area is 165 Å². The van der Waals surface area contributed by atoms with E-state index in [2.05, 4.69) is 6.92 Å². The number of hydrogen-bond acceptors (Lipinski definition) is 6. The molecule has 2 aromatic rings. The maximum absolute atomic E-state index is 10.3. The van der Waals surface area contributed by atoms with Gasteiger partial charge in [0.05, 0.1) is 13.2 Å². The first-order valence-electron chi connectivity index (χ1n) is 9.64. The molecule has 0 amide bonds. The molecule has 0 radical (unpaired) electrons. The Kier molecular flexibility index (Phi) is 7.04. The lowest BCUT2D eigenvalue weighted by atomic mass is 9.90. The fraction of sp³-hybridized carbons (Fsp3) is 0.455. The molecular weight excluding hydrogens is 360 g/mol. The summed E-state index contributed by atoms with van der Waals surface area (Å²) >= 11 is 0. The van der Waals surface area contributed by atoms with Crippen molar-refractivity contribution in [2.45, 2.75) is 50.3 Å². The molecule has 5 atom stereocenters. The average molecular weight is 388 g/mol. The molecule has 1 heterocycles. The summed E-state index contributed by atoms with van der Waals surface area (Å²) in [4.78, 5) is 0. The van der Waals surface area contributed by atoms with Crippen LogP contribution >= 0.6 is 0 Å². The van der Waals surface area contributed by atoms with Gasteiger partial charge in [0.1, 0.15) is 36.3 Å². The highest BCUT2D eigenvalue weighted by atomic mass is 16.5. The van der Waals surface area contributed by atoms with Crippen molar-refractivity contribution < 1.29 is 29.9 Å². The molecule has 0 bridgehead atoms. The summed E-state index contributed by atoms with van der Waals surface area (Å²) in [5.41, 5.74) is 2.84. The van der Waals surface area contributed by atoms with Crippen molar-refractivity contribution >= 4 is 0 Å². The number of aliphatic hydroxyl groups is 4. The quantitative estimate of drug-likeness (QED) is 0.575. The van der Waals surface area contributed by atoms with Crippen LogP contribution in [0.5, 0.6) is 5.75 Å². The van der Waals surface area contributed by atoms with E-state index in [-0.39, 0.29) is 0 Å². The van der Waals surface area contributed by atoms with Crippen LogP contribution in [0.25, 0.3) is 0 Å². The van der Waals surface area contributed by atoms with Crippen molar-refractivity contribution in [2.24, 2.45) is 0 Å². The number of hydrogen-bond donors (Lipinski definition) is 4. The molecule has 0 saturated carbocycles. The lowest BCUT2D eigenvalue weighted by Gasteiger charge is -2.40. The molecule has 4 N–H and O–H groups in total. The van der Waals surface area contributed by atoms with Crippen LogP contribution in [0.15, 0.2) is 48.5 Å². The standard InChI is InChI=1S/C22H28O6/c1-2-10-27-17-8-6-14(7-9-17)11-15-4-3-5-16(12-15)22-21(26)20(25)19(24)18(13-23)28-22/h3-9,12,18-26H,2,10-11,13H2,1H3/t18-,19-,20+,21-,22+/m1/s1. The fourth-order valence-electron chi connectivity index (χ4n) is 3.42. The molecule has 0 unspecified atom stereocenters. The van der Waals surface area contributed by atoms with Crippen LogP contribution in [0.1, 0.15) is 36.1 Å². The van der Waals surface area contributed by atoms with Crippen molar-refractivity contribution in [3.8, 4) is 5.75 Å². The van der Waals surface area contributed by atoms with Crippen LogP contribution in [0.2, 0.25) is 0 Å². The van der Waals surface area contributed by atoms with Gasteiger partial charge in [0.2, 0.25) is 0 Å². The number of aliphatic hydroxyl groups excluding tert-OH is 4. The van der Waals surface area contributed by atoms with Crippen molar-refractivity contribution in [2.75, 3.05) is 13.2 Å². The van der Waals surface area contributed by atoms with E-state index >= 15 is 0 Å². The third-order valence-electron chi connectivity index (χ3n) is 4.98. The second kappa shape index (κ2) is 9.49. The Balaban J connectivity index is 1.73. The van der Waals surface area contributed by atoms with Crippen molar-refractivity contribution in [3.05, 3.63) is 65.2 Å². The highest BCUT2D eigenvalue weighted by molar-refractivity contribution is 5.34. The fourth-order valence-corrected chi connectivity index (χ4v) is 3.42. The van der Waals surface area contributed by atoms with Gasteiger partial charge < -0.3 is 29.9 Å². The molecule has 1 aliphatic heterocycles. The van der Waals surface area contributed by atoms with Crippen molar-refractivity contribution in [3.63, 3.8) is 0 Å². The van der Waals surface area contributed by atoms with E-state index in [1.165, 1.54) is 0 Å². The highest BCUT2D eigenvalue weighted by Gasteiger charge is 2.43. The van der Waals surface area contributed by atoms with E-state index in [1.807, 2.05) is 42.5 Å². The molecule has 28 heavy (non-hydrogen) atoms. The van der Waals surface area contributed by atoms with Gasteiger partial charge in [-0.25, -0.2) is 0 Å². The van der Waals surface area contributed by atoms with Gasteiger partial charge in [0.15, 0.2) is 0 Å². The first-order valence-corrected chi connectivity index (χ1v) is 9.64. The van der Waals surface area contributed by atoms with Gasteiger partial charge in [-0.2, -0.15) is 0 Å². The Morgan fingerprint density at radius 1 is 0.929 bits per heavy atom. The average Bonchev–Trinajstić information content (AvgIpc) is 2.72. The van der Waals surface area contributed by atoms with Gasteiger partial charge in [0.25, 0.3) is 0 Å². The molecule has 1 saturated heterocycles. The van der Waals surface area contributed by atoms with Gasteiger partial charge in [-0.15, -0.1) is 0 Å². The zero-order valence-corrected chi connectivity index (χ0v) is 15.9. The Bertz CT molecular complexity index is 745.